The molecule has 1 aliphatic rings. The quantitative estimate of drug-likeness (QED) is 0.851. The summed E-state index contributed by atoms with van der Waals surface area (Å²) in [4.78, 5) is 4.15. The van der Waals surface area contributed by atoms with Gasteiger partial charge in [0.2, 0.25) is 0 Å². The van der Waals surface area contributed by atoms with Crippen molar-refractivity contribution in [2.24, 2.45) is 11.7 Å². The van der Waals surface area contributed by atoms with Crippen LogP contribution >= 0.6 is 0 Å². The number of hydrogen-bond donors (Lipinski definition) is 1. The van der Waals surface area contributed by atoms with E-state index in [9.17, 15) is 0 Å². The molecule has 96 valence electrons. The van der Waals surface area contributed by atoms with Gasteiger partial charge in [-0.15, -0.1) is 0 Å². The molecule has 0 radical (unpaired) electrons. The topological polar surface area (TPSA) is 53.1 Å². The molecule has 1 heterocycles. The fourth-order valence-electron chi connectivity index (χ4n) is 2.61. The molecule has 2 atom stereocenters. The van der Waals surface area contributed by atoms with Crippen LogP contribution in [-0.4, -0.2) is 22.2 Å². The molecule has 0 spiro atoms. The first-order valence-corrected chi connectivity index (χ1v) is 6.65. The average molecular weight is 237 g/mol. The second-order valence-corrected chi connectivity index (χ2v) is 4.80. The highest BCUT2D eigenvalue weighted by molar-refractivity contribution is 4.96. The van der Waals surface area contributed by atoms with Crippen LogP contribution < -0.4 is 5.73 Å². The number of nitrogens with two attached hydrogens (primary N) is 1. The molecule has 0 bridgehead atoms. The molecule has 17 heavy (non-hydrogen) atoms. The van der Waals surface area contributed by atoms with Crippen molar-refractivity contribution in [1.82, 2.24) is 9.55 Å². The van der Waals surface area contributed by atoms with Crippen LogP contribution in [0.5, 0.6) is 0 Å². The maximum atomic E-state index is 6.03. The van der Waals surface area contributed by atoms with E-state index in [1.807, 2.05) is 12.5 Å². The summed E-state index contributed by atoms with van der Waals surface area (Å²) >= 11 is 0. The van der Waals surface area contributed by atoms with E-state index >= 15 is 0 Å². The Morgan fingerprint density at radius 2 is 2.29 bits per heavy atom. The summed E-state index contributed by atoms with van der Waals surface area (Å²) < 4.78 is 8.16. The van der Waals surface area contributed by atoms with E-state index in [0.717, 1.165) is 25.2 Å². The van der Waals surface area contributed by atoms with Crippen molar-refractivity contribution in [3.8, 4) is 0 Å². The van der Waals surface area contributed by atoms with Crippen molar-refractivity contribution in [2.75, 3.05) is 6.54 Å². The fraction of sp³-hybridized carbons (Fsp3) is 0.769. The number of nitrogens with zero attached hydrogens (tertiary/aromatic N) is 2. The molecule has 1 fully saturated rings. The largest absolute Gasteiger partial charge is 0.372 e. The van der Waals surface area contributed by atoms with Gasteiger partial charge < -0.3 is 15.0 Å². The van der Waals surface area contributed by atoms with E-state index in [4.69, 9.17) is 10.5 Å². The van der Waals surface area contributed by atoms with E-state index in [2.05, 4.69) is 16.5 Å². The zero-order chi connectivity index (χ0) is 12.1. The molecule has 2 rings (SSSR count). The van der Waals surface area contributed by atoms with Crippen LogP contribution in [0.25, 0.3) is 0 Å². The minimum absolute atomic E-state index is 0.342. The van der Waals surface area contributed by atoms with Gasteiger partial charge in [0.25, 0.3) is 0 Å². The Bertz CT molecular complexity index is 337. The van der Waals surface area contributed by atoms with Crippen LogP contribution in [0.4, 0.5) is 0 Å². The van der Waals surface area contributed by atoms with E-state index in [1.165, 1.54) is 19.3 Å². The maximum absolute atomic E-state index is 6.03. The van der Waals surface area contributed by atoms with Crippen LogP contribution in [0, 0.1) is 5.92 Å². The van der Waals surface area contributed by atoms with Gasteiger partial charge in [-0.1, -0.05) is 12.8 Å². The Morgan fingerprint density at radius 3 is 3.06 bits per heavy atom. The molecule has 0 aromatic carbocycles. The van der Waals surface area contributed by atoms with Gasteiger partial charge in [-0.2, -0.15) is 0 Å². The third kappa shape index (κ3) is 3.07. The maximum Gasteiger partial charge on any atom is 0.0948 e. The lowest BCUT2D eigenvalue weighted by Gasteiger charge is -2.30. The summed E-state index contributed by atoms with van der Waals surface area (Å²) in [6, 6.07) is 0. The zero-order valence-electron chi connectivity index (χ0n) is 10.6. The molecule has 2 unspecified atom stereocenters. The summed E-state index contributed by atoms with van der Waals surface area (Å²) in [7, 11) is 0. The van der Waals surface area contributed by atoms with Crippen molar-refractivity contribution in [3.63, 3.8) is 0 Å². The van der Waals surface area contributed by atoms with Gasteiger partial charge >= 0.3 is 0 Å². The number of aryl methyl sites for hydroxylation is 1. The third-order valence-electron chi connectivity index (χ3n) is 3.73. The number of aromatic nitrogens is 2. The number of ether oxygens (including phenoxy) is 1. The third-order valence-corrected chi connectivity index (χ3v) is 3.73. The molecule has 0 saturated heterocycles. The highest BCUT2D eigenvalue weighted by Gasteiger charge is 2.24. The molecule has 0 amide bonds. The monoisotopic (exact) mass is 237 g/mol. The van der Waals surface area contributed by atoms with E-state index in [-0.39, 0.29) is 0 Å². The lowest BCUT2D eigenvalue weighted by atomic mass is 9.86. The Labute approximate surface area is 103 Å². The Morgan fingerprint density at radius 1 is 1.47 bits per heavy atom. The molecule has 2 N–H and O–H groups in total. The summed E-state index contributed by atoms with van der Waals surface area (Å²) in [5.74, 6) is 0.543. The van der Waals surface area contributed by atoms with E-state index in [0.29, 0.717) is 18.6 Å². The molecule has 1 saturated carbocycles. The lowest BCUT2D eigenvalue weighted by molar-refractivity contribution is -0.0205. The highest BCUT2D eigenvalue weighted by atomic mass is 16.5. The van der Waals surface area contributed by atoms with E-state index < -0.39 is 0 Å². The molecular weight excluding hydrogens is 214 g/mol. The summed E-state index contributed by atoms with van der Waals surface area (Å²) in [5, 5.41) is 0. The standard InChI is InChI=1S/C13H23N3O/c1-2-16-10-15-8-12(16)9-17-13-6-4-3-5-11(13)7-14/h8,10-11,13H,2-7,9,14H2,1H3. The molecule has 0 aliphatic heterocycles. The molecule has 1 aromatic rings. The van der Waals surface area contributed by atoms with Crippen molar-refractivity contribution >= 4 is 0 Å². The minimum atomic E-state index is 0.342. The van der Waals surface area contributed by atoms with Crippen molar-refractivity contribution < 1.29 is 4.74 Å². The molecular formula is C13H23N3O. The average Bonchev–Trinajstić information content (AvgIpc) is 2.84. The predicted octanol–water partition coefficient (Wildman–Crippen LogP) is 1.94. The van der Waals surface area contributed by atoms with Crippen LogP contribution in [0.15, 0.2) is 12.5 Å². The first-order valence-electron chi connectivity index (χ1n) is 6.65. The van der Waals surface area contributed by atoms with Gasteiger partial charge in [0, 0.05) is 6.54 Å². The van der Waals surface area contributed by atoms with E-state index in [1.54, 1.807) is 0 Å². The Balaban J connectivity index is 1.88. The molecule has 4 heteroatoms. The number of imidazole rings is 1. The SMILES string of the molecule is CCn1cncc1COC1CCCCC1CN. The van der Waals surface area contributed by atoms with Crippen LogP contribution in [0.3, 0.4) is 0 Å². The summed E-state index contributed by atoms with van der Waals surface area (Å²) in [5.41, 5.74) is 6.96. The first kappa shape index (κ1) is 12.6. The lowest BCUT2D eigenvalue weighted by Crippen LogP contribution is -2.33. The van der Waals surface area contributed by atoms with Crippen LogP contribution in [0.2, 0.25) is 0 Å². The molecule has 1 aliphatic carbocycles. The smallest absolute Gasteiger partial charge is 0.0948 e. The van der Waals surface area contributed by atoms with Crippen molar-refractivity contribution in [2.45, 2.75) is 51.9 Å². The predicted molar refractivity (Wildman–Crippen MR) is 67.5 cm³/mol. The highest BCUT2D eigenvalue weighted by Crippen LogP contribution is 2.26. The van der Waals surface area contributed by atoms with Gasteiger partial charge in [0.05, 0.1) is 30.9 Å². The second-order valence-electron chi connectivity index (χ2n) is 4.80. The number of hydrogen-bond acceptors (Lipinski definition) is 3. The van der Waals surface area contributed by atoms with Gasteiger partial charge in [0.15, 0.2) is 0 Å². The summed E-state index contributed by atoms with van der Waals surface area (Å²) in [6.07, 6.45) is 9.04. The van der Waals surface area contributed by atoms with Crippen LogP contribution in [0.1, 0.15) is 38.3 Å². The van der Waals surface area contributed by atoms with Crippen molar-refractivity contribution in [3.05, 3.63) is 18.2 Å². The zero-order valence-corrected chi connectivity index (χ0v) is 10.6. The van der Waals surface area contributed by atoms with Crippen molar-refractivity contribution in [1.29, 1.82) is 0 Å². The fourth-order valence-corrected chi connectivity index (χ4v) is 2.61. The Hall–Kier alpha value is -0.870. The molecule has 1 aromatic heterocycles. The normalized spacial score (nSPS) is 25.1. The van der Waals surface area contributed by atoms with Gasteiger partial charge in [0.1, 0.15) is 0 Å². The van der Waals surface area contributed by atoms with Gasteiger partial charge in [-0.3, -0.25) is 0 Å². The first-order chi connectivity index (χ1) is 8.35. The summed E-state index contributed by atoms with van der Waals surface area (Å²) in [6.45, 7) is 4.48. The number of rotatable bonds is 5. The minimum Gasteiger partial charge on any atom is -0.372 e. The van der Waals surface area contributed by atoms with Crippen LogP contribution in [-0.2, 0) is 17.9 Å². The van der Waals surface area contributed by atoms with Gasteiger partial charge in [-0.05, 0) is 32.2 Å². The Kier molecular flexibility index (Phi) is 4.57. The van der Waals surface area contributed by atoms with Gasteiger partial charge in [-0.25, -0.2) is 4.98 Å². The second kappa shape index (κ2) is 6.17. The molecule has 4 nitrogen and oxygen atoms in total.